The first-order valence-corrected chi connectivity index (χ1v) is 2.00. The summed E-state index contributed by atoms with van der Waals surface area (Å²) < 4.78 is 34.1. The molecule has 0 spiro atoms. The van der Waals surface area contributed by atoms with Crippen LogP contribution < -0.4 is 0 Å². The summed E-state index contributed by atoms with van der Waals surface area (Å²) in [5.41, 5.74) is 0. The molecule has 6 heteroatoms. The maximum atomic E-state index is 8.52. The second-order valence-corrected chi connectivity index (χ2v) is 1.22. The molecule has 4 nitrogen and oxygen atoms in total. The van der Waals surface area contributed by atoms with Crippen molar-refractivity contribution in [2.45, 2.75) is 0 Å². The van der Waals surface area contributed by atoms with Gasteiger partial charge in [0.2, 0.25) is 0 Å². The molecule has 0 aliphatic rings. The minimum Gasteiger partial charge on any atom is -0.759 e. The van der Waals surface area contributed by atoms with Crippen molar-refractivity contribution in [3.05, 3.63) is 0 Å². The molecule has 0 aromatic carbocycles. The van der Waals surface area contributed by atoms with Gasteiger partial charge in [0, 0.05) is 10.4 Å². The number of hydrogen-bond acceptors (Lipinski definition) is 4. The van der Waals surface area contributed by atoms with Crippen LogP contribution in [0.5, 0.6) is 0 Å². The Morgan fingerprint density at radius 2 is 1.17 bits per heavy atom. The van der Waals surface area contributed by atoms with Crippen LogP contribution in [-0.4, -0.2) is 17.5 Å². The van der Waals surface area contributed by atoms with E-state index in [4.69, 9.17) is 17.5 Å². The summed E-state index contributed by atoms with van der Waals surface area (Å²) in [7, 11) is -5.17. The Hall–Kier alpha value is 1.21. The fourth-order valence-corrected chi connectivity index (χ4v) is 0. The van der Waals surface area contributed by atoms with Gasteiger partial charge in [-0.25, -0.2) is 0 Å². The molecule has 1 radical (unpaired) electrons. The molecule has 0 unspecified atom stereocenters. The van der Waals surface area contributed by atoms with Gasteiger partial charge in [-0.3, -0.25) is 8.42 Å². The van der Waals surface area contributed by atoms with Crippen LogP contribution in [0.15, 0.2) is 0 Å². The van der Waals surface area contributed by atoms with E-state index in [1.807, 2.05) is 0 Å². The van der Waals surface area contributed by atoms with Gasteiger partial charge in [0.15, 0.2) is 0 Å². The Bertz CT molecular complexity index is 90.7. The smallest absolute Gasteiger partial charge is 0.759 e. The molecule has 0 heterocycles. The molecule has 0 saturated heterocycles. The molecule has 35 valence electrons. The Morgan fingerprint density at radius 1 is 1.17 bits per heavy atom. The van der Waals surface area contributed by atoms with Crippen LogP contribution in [0.3, 0.4) is 0 Å². The van der Waals surface area contributed by atoms with Crippen molar-refractivity contribution in [3.8, 4) is 0 Å². The average molecular weight is 246 g/mol. The molecule has 0 aromatic rings. The fourth-order valence-electron chi connectivity index (χ4n) is 0. The first-order valence-electron chi connectivity index (χ1n) is 0.667. The molecule has 0 N–H and O–H groups in total. The van der Waals surface area contributed by atoms with Crippen molar-refractivity contribution in [1.82, 2.24) is 0 Å². The summed E-state index contributed by atoms with van der Waals surface area (Å²) in [6.45, 7) is 0. The number of rotatable bonds is 0. The van der Waals surface area contributed by atoms with E-state index >= 15 is 0 Å². The largest absolute Gasteiger partial charge is 3.00 e. The van der Waals surface area contributed by atoms with E-state index in [1.54, 1.807) is 0 Å². The number of hydrogen-bond donors (Lipinski definition) is 0. The van der Waals surface area contributed by atoms with E-state index in [2.05, 4.69) is 0 Å². The predicted octanol–water partition coefficient (Wildman–Crippen LogP) is -1.34. The van der Waals surface area contributed by atoms with E-state index in [1.165, 1.54) is 0 Å². The molecule has 0 atom stereocenters. The van der Waals surface area contributed by atoms with Gasteiger partial charge in [-0.2, -0.15) is 0 Å². The van der Waals surface area contributed by atoms with Crippen LogP contribution in [0.4, 0.5) is 0 Å². The van der Waals surface area contributed by atoms with Crippen molar-refractivity contribution in [2.75, 3.05) is 0 Å². The zero-order chi connectivity index (χ0) is 4.50. The Morgan fingerprint density at radius 3 is 1.17 bits per heavy atom. The summed E-state index contributed by atoms with van der Waals surface area (Å²) in [6, 6.07) is 0. The first kappa shape index (κ1) is 10.2. The van der Waals surface area contributed by atoms with Gasteiger partial charge >= 0.3 is 40.4 Å². The molecule has 0 aromatic heterocycles. The van der Waals surface area contributed by atoms with Crippen LogP contribution in [0.2, 0.25) is 0 Å². The minimum absolute atomic E-state index is 0. The zero-order valence-electron chi connectivity index (χ0n) is 2.45. The van der Waals surface area contributed by atoms with Gasteiger partial charge in [-0.1, -0.05) is 0 Å². The van der Waals surface area contributed by atoms with Gasteiger partial charge in [-0.05, 0) is 0 Å². The van der Waals surface area contributed by atoms with Crippen LogP contribution in [0.1, 0.15) is 0 Å². The molecule has 0 rings (SSSR count). The van der Waals surface area contributed by atoms with E-state index in [9.17, 15) is 0 Å². The minimum atomic E-state index is -5.17. The summed E-state index contributed by atoms with van der Waals surface area (Å²) >= 11 is 0. The Labute approximate surface area is 67.6 Å². The normalized spacial score (nSPS) is 9.67. The molecule has 6 heavy (non-hydrogen) atoms. The summed E-state index contributed by atoms with van der Waals surface area (Å²) in [6.07, 6.45) is 0. The van der Waals surface area contributed by atoms with Gasteiger partial charge < -0.3 is 9.11 Å². The average Bonchev–Trinajstić information content (AvgIpc) is 0.722. The first-order chi connectivity index (χ1) is 2.00. The standard InChI is InChI=1S/H2O4S.Sm/c1-5(2,3)4;/h(H2,1,2,3,4);/q;+3/p-2. The van der Waals surface area contributed by atoms with Crippen LogP contribution in [0, 0.1) is 40.4 Å². The summed E-state index contributed by atoms with van der Waals surface area (Å²) in [4.78, 5) is 0. The van der Waals surface area contributed by atoms with E-state index in [-0.39, 0.29) is 40.4 Å². The predicted molar refractivity (Wildman–Crippen MR) is 10.5 cm³/mol. The molecular weight excluding hydrogens is 246 g/mol. The summed E-state index contributed by atoms with van der Waals surface area (Å²) in [5.74, 6) is 0. The van der Waals surface area contributed by atoms with Crippen molar-refractivity contribution >= 4 is 10.4 Å². The SMILES string of the molecule is O=S(=O)([O-])[O-].[Sm+3]. The van der Waals surface area contributed by atoms with Crippen molar-refractivity contribution in [1.29, 1.82) is 0 Å². The maximum Gasteiger partial charge on any atom is 3.00 e. The molecule has 0 saturated carbocycles. The van der Waals surface area contributed by atoms with E-state index < -0.39 is 10.4 Å². The fraction of sp³-hybridized carbons (Fsp3) is 0. The molecule has 0 aliphatic carbocycles. The van der Waals surface area contributed by atoms with Crippen LogP contribution >= 0.6 is 0 Å². The van der Waals surface area contributed by atoms with Crippen LogP contribution in [-0.2, 0) is 10.4 Å². The third kappa shape index (κ3) is 63.2. The molecule has 0 bridgehead atoms. The second kappa shape index (κ2) is 3.24. The zero-order valence-corrected chi connectivity index (χ0v) is 5.89. The quantitative estimate of drug-likeness (QED) is 0.391. The maximum absolute atomic E-state index is 8.52. The monoisotopic (exact) mass is 248 g/mol. The van der Waals surface area contributed by atoms with Crippen molar-refractivity contribution < 1.29 is 57.9 Å². The molecule has 0 amide bonds. The van der Waals surface area contributed by atoms with Gasteiger partial charge in [0.25, 0.3) is 0 Å². The summed E-state index contributed by atoms with van der Waals surface area (Å²) in [5, 5.41) is 0. The topological polar surface area (TPSA) is 80.3 Å². The van der Waals surface area contributed by atoms with Crippen molar-refractivity contribution in [3.63, 3.8) is 0 Å². The molecular formula is O4SSm+. The van der Waals surface area contributed by atoms with E-state index in [0.29, 0.717) is 0 Å². The van der Waals surface area contributed by atoms with Gasteiger partial charge in [0.1, 0.15) is 0 Å². The van der Waals surface area contributed by atoms with Gasteiger partial charge in [0.05, 0.1) is 0 Å². The Kier molecular flexibility index (Phi) is 5.53. The van der Waals surface area contributed by atoms with Crippen molar-refractivity contribution in [2.24, 2.45) is 0 Å². The Balaban J connectivity index is 0. The molecule has 0 fully saturated rings. The third-order valence-electron chi connectivity index (χ3n) is 0. The van der Waals surface area contributed by atoms with Crippen LogP contribution in [0.25, 0.3) is 0 Å². The van der Waals surface area contributed by atoms with Gasteiger partial charge in [-0.15, -0.1) is 0 Å². The molecule has 0 aliphatic heterocycles. The third-order valence-corrected chi connectivity index (χ3v) is 0. The van der Waals surface area contributed by atoms with E-state index in [0.717, 1.165) is 0 Å². The second-order valence-electron chi connectivity index (χ2n) is 0.408.